The summed E-state index contributed by atoms with van der Waals surface area (Å²) in [5, 5.41) is 9.47. The molecule has 1 rings (SSSR count). The smallest absolute Gasteiger partial charge is 0.0468 e. The van der Waals surface area contributed by atoms with Gasteiger partial charge < -0.3 is 5.11 Å². The summed E-state index contributed by atoms with van der Waals surface area (Å²) >= 11 is 0. The second kappa shape index (κ2) is 7.24. The van der Waals surface area contributed by atoms with Gasteiger partial charge >= 0.3 is 0 Å². The fourth-order valence-electron chi connectivity index (χ4n) is 2.27. The van der Waals surface area contributed by atoms with Gasteiger partial charge in [-0.25, -0.2) is 0 Å². The van der Waals surface area contributed by atoms with Crippen molar-refractivity contribution >= 4 is 0 Å². The van der Waals surface area contributed by atoms with Crippen molar-refractivity contribution in [2.45, 2.75) is 32.1 Å². The number of allylic oxidation sites excluding steroid dienone is 1. The zero-order valence-electron chi connectivity index (χ0n) is 10.1. The SMILES string of the molecule is C=CC[C@H](CO)[C@@H](CCC)c1ccccc1. The predicted molar refractivity (Wildman–Crippen MR) is 69.5 cm³/mol. The molecule has 16 heavy (non-hydrogen) atoms. The highest BCUT2D eigenvalue weighted by Crippen LogP contribution is 2.31. The van der Waals surface area contributed by atoms with Crippen LogP contribution in [0.15, 0.2) is 43.0 Å². The van der Waals surface area contributed by atoms with Crippen molar-refractivity contribution in [2.24, 2.45) is 5.92 Å². The lowest BCUT2D eigenvalue weighted by Crippen LogP contribution is -2.16. The van der Waals surface area contributed by atoms with Gasteiger partial charge in [-0.2, -0.15) is 0 Å². The van der Waals surface area contributed by atoms with Crippen LogP contribution < -0.4 is 0 Å². The summed E-state index contributed by atoms with van der Waals surface area (Å²) < 4.78 is 0. The molecule has 88 valence electrons. The van der Waals surface area contributed by atoms with E-state index in [1.54, 1.807) is 0 Å². The van der Waals surface area contributed by atoms with E-state index in [2.05, 4.69) is 37.8 Å². The van der Waals surface area contributed by atoms with Gasteiger partial charge in [0.1, 0.15) is 0 Å². The largest absolute Gasteiger partial charge is 0.396 e. The van der Waals surface area contributed by atoms with Crippen LogP contribution in [0.1, 0.15) is 37.7 Å². The van der Waals surface area contributed by atoms with Crippen molar-refractivity contribution in [3.63, 3.8) is 0 Å². The molecule has 0 aliphatic carbocycles. The van der Waals surface area contributed by atoms with E-state index in [1.807, 2.05) is 12.1 Å². The van der Waals surface area contributed by atoms with Crippen molar-refractivity contribution in [1.82, 2.24) is 0 Å². The molecule has 0 spiro atoms. The second-order valence-electron chi connectivity index (χ2n) is 4.27. The first-order chi connectivity index (χ1) is 7.83. The van der Waals surface area contributed by atoms with Crippen LogP contribution in [0.2, 0.25) is 0 Å². The lowest BCUT2D eigenvalue weighted by molar-refractivity contribution is 0.200. The van der Waals surface area contributed by atoms with Gasteiger partial charge in [-0.3, -0.25) is 0 Å². The summed E-state index contributed by atoms with van der Waals surface area (Å²) in [7, 11) is 0. The molecule has 1 aromatic rings. The molecular formula is C15H22O. The van der Waals surface area contributed by atoms with E-state index in [0.29, 0.717) is 11.8 Å². The second-order valence-corrected chi connectivity index (χ2v) is 4.27. The molecule has 0 aromatic heterocycles. The Morgan fingerprint density at radius 1 is 1.31 bits per heavy atom. The first-order valence-electron chi connectivity index (χ1n) is 6.10. The molecule has 0 aliphatic heterocycles. The molecular weight excluding hydrogens is 196 g/mol. The van der Waals surface area contributed by atoms with Gasteiger partial charge in [0.25, 0.3) is 0 Å². The standard InChI is InChI=1S/C15H22O/c1-3-8-14(12-16)15(9-4-2)13-10-6-5-7-11-13/h3,5-7,10-11,14-16H,1,4,8-9,12H2,2H3/t14-,15+/m1/s1. The van der Waals surface area contributed by atoms with Gasteiger partial charge in [0.15, 0.2) is 0 Å². The molecule has 1 heteroatoms. The third-order valence-corrected chi connectivity index (χ3v) is 3.10. The number of rotatable bonds is 7. The van der Waals surface area contributed by atoms with E-state index < -0.39 is 0 Å². The van der Waals surface area contributed by atoms with Gasteiger partial charge in [0.05, 0.1) is 0 Å². The Hall–Kier alpha value is -1.08. The number of hydrogen-bond acceptors (Lipinski definition) is 1. The number of aliphatic hydroxyl groups excluding tert-OH is 1. The first-order valence-corrected chi connectivity index (χ1v) is 6.10. The Kier molecular flexibility index (Phi) is 5.87. The van der Waals surface area contributed by atoms with E-state index in [9.17, 15) is 5.11 Å². The number of aliphatic hydroxyl groups is 1. The molecule has 1 nitrogen and oxygen atoms in total. The lowest BCUT2D eigenvalue weighted by Gasteiger charge is -2.24. The highest BCUT2D eigenvalue weighted by molar-refractivity contribution is 5.20. The molecule has 0 bridgehead atoms. The molecule has 0 amide bonds. The maximum atomic E-state index is 9.47. The Morgan fingerprint density at radius 2 is 2.00 bits per heavy atom. The monoisotopic (exact) mass is 218 g/mol. The van der Waals surface area contributed by atoms with Crippen molar-refractivity contribution in [2.75, 3.05) is 6.61 Å². The molecule has 0 saturated heterocycles. The Labute approximate surface area is 98.8 Å². The summed E-state index contributed by atoms with van der Waals surface area (Å²) in [4.78, 5) is 0. The third kappa shape index (κ3) is 3.49. The van der Waals surface area contributed by atoms with Crippen LogP contribution in [0.4, 0.5) is 0 Å². The highest BCUT2D eigenvalue weighted by Gasteiger charge is 2.20. The lowest BCUT2D eigenvalue weighted by atomic mass is 9.81. The minimum atomic E-state index is 0.242. The van der Waals surface area contributed by atoms with Crippen molar-refractivity contribution in [3.05, 3.63) is 48.6 Å². The molecule has 1 N–H and O–H groups in total. The van der Waals surface area contributed by atoms with E-state index in [0.717, 1.165) is 19.3 Å². The average molecular weight is 218 g/mol. The summed E-state index contributed by atoms with van der Waals surface area (Å²) in [6, 6.07) is 10.5. The van der Waals surface area contributed by atoms with Crippen LogP contribution in [-0.4, -0.2) is 11.7 Å². The van der Waals surface area contributed by atoms with Crippen molar-refractivity contribution in [3.8, 4) is 0 Å². The fraction of sp³-hybridized carbons (Fsp3) is 0.467. The Bertz CT molecular complexity index is 292. The molecule has 2 atom stereocenters. The third-order valence-electron chi connectivity index (χ3n) is 3.10. The van der Waals surface area contributed by atoms with Crippen LogP contribution in [0, 0.1) is 5.92 Å². The fourth-order valence-corrected chi connectivity index (χ4v) is 2.27. The minimum Gasteiger partial charge on any atom is -0.396 e. The van der Waals surface area contributed by atoms with Crippen LogP contribution in [0.3, 0.4) is 0 Å². The van der Waals surface area contributed by atoms with Gasteiger partial charge in [-0.05, 0) is 30.2 Å². The van der Waals surface area contributed by atoms with E-state index in [1.165, 1.54) is 5.56 Å². The Balaban J connectivity index is 2.84. The molecule has 0 fully saturated rings. The van der Waals surface area contributed by atoms with Crippen molar-refractivity contribution < 1.29 is 5.11 Å². The van der Waals surface area contributed by atoms with Crippen molar-refractivity contribution in [1.29, 1.82) is 0 Å². The summed E-state index contributed by atoms with van der Waals surface area (Å²) in [6.07, 6.45) is 5.07. The zero-order valence-corrected chi connectivity index (χ0v) is 10.1. The summed E-state index contributed by atoms with van der Waals surface area (Å²) in [5.41, 5.74) is 1.34. The van der Waals surface area contributed by atoms with E-state index in [-0.39, 0.29) is 6.61 Å². The molecule has 0 radical (unpaired) electrons. The highest BCUT2D eigenvalue weighted by atomic mass is 16.3. The quantitative estimate of drug-likeness (QED) is 0.691. The van der Waals surface area contributed by atoms with Crippen LogP contribution >= 0.6 is 0 Å². The van der Waals surface area contributed by atoms with Crippen LogP contribution in [0.25, 0.3) is 0 Å². The maximum Gasteiger partial charge on any atom is 0.0468 e. The van der Waals surface area contributed by atoms with Gasteiger partial charge in [-0.15, -0.1) is 6.58 Å². The zero-order chi connectivity index (χ0) is 11.8. The topological polar surface area (TPSA) is 20.2 Å². The normalized spacial score (nSPS) is 14.4. The molecule has 0 heterocycles. The van der Waals surface area contributed by atoms with Crippen LogP contribution in [0.5, 0.6) is 0 Å². The van der Waals surface area contributed by atoms with Crippen LogP contribution in [-0.2, 0) is 0 Å². The molecule has 1 aromatic carbocycles. The summed E-state index contributed by atoms with van der Waals surface area (Å²) in [5.74, 6) is 0.758. The first kappa shape index (κ1) is 13.0. The molecule has 0 saturated carbocycles. The van der Waals surface area contributed by atoms with Gasteiger partial charge in [0.2, 0.25) is 0 Å². The van der Waals surface area contributed by atoms with Gasteiger partial charge in [0, 0.05) is 6.61 Å². The molecule has 0 unspecified atom stereocenters. The number of benzene rings is 1. The van der Waals surface area contributed by atoms with E-state index in [4.69, 9.17) is 0 Å². The summed E-state index contributed by atoms with van der Waals surface area (Å²) in [6.45, 7) is 6.21. The molecule has 0 aliphatic rings. The predicted octanol–water partition coefficient (Wildman–Crippen LogP) is 3.75. The Morgan fingerprint density at radius 3 is 2.50 bits per heavy atom. The van der Waals surface area contributed by atoms with E-state index >= 15 is 0 Å². The average Bonchev–Trinajstić information content (AvgIpc) is 2.35. The maximum absolute atomic E-state index is 9.47. The van der Waals surface area contributed by atoms with Gasteiger partial charge in [-0.1, -0.05) is 49.8 Å². The minimum absolute atomic E-state index is 0.242. The number of hydrogen-bond donors (Lipinski definition) is 1.